The molecule has 0 bridgehead atoms. The van der Waals surface area contributed by atoms with Gasteiger partial charge in [-0.2, -0.15) is 0 Å². The van der Waals surface area contributed by atoms with Crippen LogP contribution in [0.1, 0.15) is 73.9 Å². The minimum Gasteiger partial charge on any atom is -0.462 e. The first kappa shape index (κ1) is 29.0. The number of carbonyl (C=O) groups is 2. The predicted octanol–water partition coefficient (Wildman–Crippen LogP) is 6.04. The molecule has 1 aliphatic rings. The Morgan fingerprint density at radius 2 is 1.57 bits per heavy atom. The highest BCUT2D eigenvalue weighted by Crippen LogP contribution is 2.30. The molecule has 0 aliphatic heterocycles. The Bertz CT molecular complexity index is 1490. The van der Waals surface area contributed by atoms with Crippen LogP contribution in [0.3, 0.4) is 0 Å². The van der Waals surface area contributed by atoms with Crippen LogP contribution < -0.4 is 11.3 Å². The van der Waals surface area contributed by atoms with Crippen molar-refractivity contribution in [3.8, 4) is 5.69 Å². The van der Waals surface area contributed by atoms with Gasteiger partial charge in [-0.15, -0.1) is 0 Å². The number of aromatic nitrogens is 1. The second-order valence-electron chi connectivity index (χ2n) is 10.7. The monoisotopic (exact) mass is 558 g/mol. The lowest BCUT2D eigenvalue weighted by molar-refractivity contribution is -0.159. The van der Waals surface area contributed by atoms with E-state index in [-0.39, 0.29) is 24.1 Å². The van der Waals surface area contributed by atoms with Crippen LogP contribution in [0.15, 0.2) is 47.3 Å². The van der Waals surface area contributed by atoms with Crippen molar-refractivity contribution < 1.29 is 31.9 Å². The third-order valence-electron chi connectivity index (χ3n) is 7.25. The van der Waals surface area contributed by atoms with Crippen molar-refractivity contribution in [2.24, 2.45) is 5.41 Å². The van der Waals surface area contributed by atoms with Gasteiger partial charge in [-0.3, -0.25) is 19.0 Å². The summed E-state index contributed by atoms with van der Waals surface area (Å²) in [7, 11) is 0. The van der Waals surface area contributed by atoms with Gasteiger partial charge in [-0.05, 0) is 94.7 Å². The number of esters is 1. The summed E-state index contributed by atoms with van der Waals surface area (Å²) in [5, 5.41) is 0. The van der Waals surface area contributed by atoms with E-state index in [1.807, 2.05) is 0 Å². The smallest absolute Gasteiger partial charge is 0.311 e. The van der Waals surface area contributed by atoms with E-state index in [1.54, 1.807) is 13.8 Å². The number of halogens is 4. The summed E-state index contributed by atoms with van der Waals surface area (Å²) >= 11 is 0. The third-order valence-corrected chi connectivity index (χ3v) is 7.25. The second-order valence-corrected chi connectivity index (χ2v) is 10.7. The number of nitrogen functional groups attached to an aromatic ring is 1. The van der Waals surface area contributed by atoms with E-state index in [4.69, 9.17) is 10.5 Å². The fraction of sp³-hybridized carbons (Fsp3) is 0.367. The summed E-state index contributed by atoms with van der Waals surface area (Å²) in [4.78, 5) is 38.1. The minimum absolute atomic E-state index is 0.0538. The summed E-state index contributed by atoms with van der Waals surface area (Å²) in [6.07, 6.45) is 4.87. The molecular weight excluding hydrogens is 528 g/mol. The van der Waals surface area contributed by atoms with Gasteiger partial charge in [-0.1, -0.05) is 0 Å². The average Bonchev–Trinajstić information content (AvgIpc) is 3.38. The van der Waals surface area contributed by atoms with Crippen molar-refractivity contribution in [1.29, 1.82) is 0 Å². The number of hydrogen-bond donors (Lipinski definition) is 1. The highest BCUT2D eigenvalue weighted by atomic mass is 19.1. The molecule has 10 heteroatoms. The van der Waals surface area contributed by atoms with Crippen LogP contribution in [-0.4, -0.2) is 22.4 Å². The van der Waals surface area contributed by atoms with E-state index >= 15 is 8.78 Å². The second kappa shape index (κ2) is 11.7. The number of nitrogens with two attached hydrogens (primary N) is 1. The van der Waals surface area contributed by atoms with E-state index in [0.29, 0.717) is 29.0 Å². The van der Waals surface area contributed by atoms with E-state index in [9.17, 15) is 23.2 Å². The molecule has 2 N–H and O–H groups in total. The predicted molar refractivity (Wildman–Crippen MR) is 141 cm³/mol. The molecule has 40 heavy (non-hydrogen) atoms. The maximum atomic E-state index is 15.2. The zero-order valence-corrected chi connectivity index (χ0v) is 22.2. The number of ether oxygens (including phenoxy) is 1. The molecule has 3 aromatic rings. The van der Waals surface area contributed by atoms with Gasteiger partial charge in [0.15, 0.2) is 17.4 Å². The lowest BCUT2D eigenvalue weighted by atomic mass is 9.86. The Hall–Kier alpha value is -3.95. The normalized spacial score (nSPS) is 13.9. The lowest BCUT2D eigenvalue weighted by Crippen LogP contribution is -2.30. The maximum absolute atomic E-state index is 15.2. The molecule has 0 unspecified atom stereocenters. The zero-order valence-electron chi connectivity index (χ0n) is 22.2. The van der Waals surface area contributed by atoms with Crippen LogP contribution in [0.4, 0.5) is 23.4 Å². The molecule has 1 aliphatic carbocycles. The Labute approximate surface area is 228 Å². The summed E-state index contributed by atoms with van der Waals surface area (Å²) in [6, 6.07) is 6.31. The number of anilines is 1. The maximum Gasteiger partial charge on any atom is 0.311 e. The van der Waals surface area contributed by atoms with Crippen LogP contribution in [-0.2, 0) is 16.0 Å². The van der Waals surface area contributed by atoms with E-state index < -0.39 is 57.1 Å². The third kappa shape index (κ3) is 6.11. The van der Waals surface area contributed by atoms with E-state index in [2.05, 4.69) is 0 Å². The van der Waals surface area contributed by atoms with Gasteiger partial charge in [0.2, 0.25) is 0 Å². The van der Waals surface area contributed by atoms with Gasteiger partial charge in [0.05, 0.1) is 16.5 Å². The summed E-state index contributed by atoms with van der Waals surface area (Å²) in [6.45, 7) is 3.55. The average molecular weight is 559 g/mol. The first-order valence-electron chi connectivity index (χ1n) is 13.1. The molecular formula is C30H30F4N2O4. The standard InChI is InChI=1S/C30H30F4N2O4/c1-30(2,29(39)40-19-7-3-4-8-19)13-5-6-17-14-23(33)26(24(34)15-17)36-25(37)12-11-21(28(36)35)27(38)20-10-9-18(31)16-22(20)32/h9-12,14-16,19H,3-8,13,35H2,1-2H3. The molecule has 0 spiro atoms. The topological polar surface area (TPSA) is 91.4 Å². The number of benzene rings is 2. The molecule has 1 saturated carbocycles. The molecule has 4 rings (SSSR count). The number of nitrogens with zero attached hydrogens (tertiary/aromatic N) is 1. The number of rotatable bonds is 9. The fourth-order valence-corrected chi connectivity index (χ4v) is 4.92. The van der Waals surface area contributed by atoms with Gasteiger partial charge in [0.1, 0.15) is 29.2 Å². The lowest BCUT2D eigenvalue weighted by Gasteiger charge is -2.25. The number of ketones is 1. The number of pyridine rings is 1. The SMILES string of the molecule is CC(C)(CCCc1cc(F)c(-n2c(N)c(C(=O)c3ccc(F)cc3F)ccc2=O)c(F)c1)C(=O)OC1CCCC1. The van der Waals surface area contributed by atoms with Crippen molar-refractivity contribution in [2.45, 2.75) is 64.9 Å². The van der Waals surface area contributed by atoms with Crippen LogP contribution in [0.2, 0.25) is 0 Å². The first-order valence-corrected chi connectivity index (χ1v) is 13.1. The largest absolute Gasteiger partial charge is 0.462 e. The number of hydrogen-bond acceptors (Lipinski definition) is 5. The van der Waals surface area contributed by atoms with E-state index in [1.165, 1.54) is 0 Å². The van der Waals surface area contributed by atoms with Crippen LogP contribution in [0.5, 0.6) is 0 Å². The van der Waals surface area contributed by atoms with Gasteiger partial charge >= 0.3 is 5.97 Å². The highest BCUT2D eigenvalue weighted by molar-refractivity contribution is 6.11. The molecule has 2 aromatic carbocycles. The minimum atomic E-state index is -1.15. The molecule has 1 aromatic heterocycles. The number of aryl methyl sites for hydroxylation is 1. The van der Waals surface area contributed by atoms with Crippen LogP contribution in [0.25, 0.3) is 5.69 Å². The quantitative estimate of drug-likeness (QED) is 0.196. The van der Waals surface area contributed by atoms with E-state index in [0.717, 1.165) is 62.1 Å². The summed E-state index contributed by atoms with van der Waals surface area (Å²) in [5.74, 6) is -6.13. The summed E-state index contributed by atoms with van der Waals surface area (Å²) < 4.78 is 64.0. The first-order chi connectivity index (χ1) is 18.9. The Morgan fingerprint density at radius 1 is 0.950 bits per heavy atom. The molecule has 6 nitrogen and oxygen atoms in total. The molecule has 0 atom stereocenters. The zero-order chi connectivity index (χ0) is 29.2. The van der Waals surface area contributed by atoms with Gasteiger partial charge in [0, 0.05) is 12.1 Å². The van der Waals surface area contributed by atoms with Crippen molar-refractivity contribution in [3.63, 3.8) is 0 Å². The highest BCUT2D eigenvalue weighted by Gasteiger charge is 2.32. The Kier molecular flexibility index (Phi) is 8.46. The van der Waals surface area contributed by atoms with Crippen molar-refractivity contribution in [1.82, 2.24) is 4.57 Å². The number of carbonyl (C=O) groups excluding carboxylic acids is 2. The van der Waals surface area contributed by atoms with Crippen LogP contribution in [0, 0.1) is 28.7 Å². The van der Waals surface area contributed by atoms with Crippen molar-refractivity contribution in [2.75, 3.05) is 5.73 Å². The van der Waals surface area contributed by atoms with Gasteiger partial charge < -0.3 is 10.5 Å². The van der Waals surface area contributed by atoms with Crippen molar-refractivity contribution >= 4 is 17.6 Å². The molecule has 212 valence electrons. The summed E-state index contributed by atoms with van der Waals surface area (Å²) in [5.41, 5.74) is 2.91. The Balaban J connectivity index is 1.54. The molecule has 0 amide bonds. The molecule has 1 fully saturated rings. The molecule has 0 radical (unpaired) electrons. The van der Waals surface area contributed by atoms with Gasteiger partial charge in [0.25, 0.3) is 5.56 Å². The Morgan fingerprint density at radius 3 is 2.20 bits per heavy atom. The molecule has 0 saturated heterocycles. The van der Waals surface area contributed by atoms with Crippen molar-refractivity contribution in [3.05, 3.63) is 92.8 Å². The molecule has 1 heterocycles. The fourth-order valence-electron chi connectivity index (χ4n) is 4.92. The van der Waals surface area contributed by atoms with Gasteiger partial charge in [-0.25, -0.2) is 17.6 Å². The van der Waals surface area contributed by atoms with Crippen LogP contribution >= 0.6 is 0 Å².